The number of thiophene rings is 1. The highest BCUT2D eigenvalue weighted by molar-refractivity contribution is 8.00. The van der Waals surface area contributed by atoms with Crippen LogP contribution in [0.4, 0.5) is 4.79 Å². The molecular weight excluding hydrogens is 380 g/mol. The summed E-state index contributed by atoms with van der Waals surface area (Å²) in [5, 5.41) is 3.33. The van der Waals surface area contributed by atoms with E-state index in [-0.39, 0.29) is 5.92 Å². The molecule has 0 saturated carbocycles. The van der Waals surface area contributed by atoms with Crippen LogP contribution in [0, 0.1) is 12.8 Å². The molecule has 0 unspecified atom stereocenters. The fourth-order valence-electron chi connectivity index (χ4n) is 2.64. The topological polar surface area (TPSA) is 98.0 Å². The molecule has 0 spiro atoms. The van der Waals surface area contributed by atoms with Gasteiger partial charge in [-0.1, -0.05) is 55.9 Å². The number of fused-ring (bicyclic) bond motifs is 1. The number of benzene rings is 1. The summed E-state index contributed by atoms with van der Waals surface area (Å²) in [4.78, 5) is 34.5. The van der Waals surface area contributed by atoms with Crippen LogP contribution < -0.4 is 11.1 Å². The number of aryl methyl sites for hydroxylation is 1. The van der Waals surface area contributed by atoms with Crippen molar-refractivity contribution in [2.24, 2.45) is 11.7 Å². The van der Waals surface area contributed by atoms with E-state index in [0.29, 0.717) is 5.82 Å². The van der Waals surface area contributed by atoms with Gasteiger partial charge >= 0.3 is 6.03 Å². The number of primary amides is 1. The van der Waals surface area contributed by atoms with Gasteiger partial charge in [-0.15, -0.1) is 11.3 Å². The van der Waals surface area contributed by atoms with Gasteiger partial charge in [0.2, 0.25) is 5.91 Å². The van der Waals surface area contributed by atoms with Gasteiger partial charge in [0.05, 0.1) is 5.25 Å². The summed E-state index contributed by atoms with van der Waals surface area (Å²) < 4.78 is 0. The molecule has 2 heterocycles. The van der Waals surface area contributed by atoms with Gasteiger partial charge in [-0.2, -0.15) is 0 Å². The van der Waals surface area contributed by atoms with Gasteiger partial charge in [0.15, 0.2) is 0 Å². The molecule has 0 aliphatic rings. The van der Waals surface area contributed by atoms with E-state index in [1.165, 1.54) is 11.8 Å². The average Bonchev–Trinajstić information content (AvgIpc) is 3.03. The zero-order valence-corrected chi connectivity index (χ0v) is 16.9. The summed E-state index contributed by atoms with van der Waals surface area (Å²) in [5.74, 6) is 0.224. The van der Waals surface area contributed by atoms with Crippen LogP contribution in [0.5, 0.6) is 0 Å². The van der Waals surface area contributed by atoms with Crippen LogP contribution >= 0.6 is 23.1 Å². The number of carbonyl (C=O) groups excluding carboxylic acids is 2. The van der Waals surface area contributed by atoms with Crippen LogP contribution in [-0.2, 0) is 4.79 Å². The normalized spacial score (nSPS) is 12.3. The molecule has 0 saturated heterocycles. The Bertz CT molecular complexity index is 986. The number of aromatic nitrogens is 2. The van der Waals surface area contributed by atoms with Crippen LogP contribution in [0.3, 0.4) is 0 Å². The third kappa shape index (κ3) is 4.45. The van der Waals surface area contributed by atoms with E-state index in [1.807, 2.05) is 39.0 Å². The lowest BCUT2D eigenvalue weighted by atomic mass is 10.1. The molecular formula is C19H20N4O2S2. The van der Waals surface area contributed by atoms with Crippen molar-refractivity contribution in [3.05, 3.63) is 42.2 Å². The van der Waals surface area contributed by atoms with Crippen LogP contribution in [0.2, 0.25) is 0 Å². The minimum Gasteiger partial charge on any atom is -0.351 e. The van der Waals surface area contributed by atoms with Crippen molar-refractivity contribution in [3.8, 4) is 10.4 Å². The highest BCUT2D eigenvalue weighted by atomic mass is 32.2. The summed E-state index contributed by atoms with van der Waals surface area (Å²) in [6, 6.07) is 11.3. The Morgan fingerprint density at radius 3 is 2.52 bits per heavy atom. The molecule has 3 amide bonds. The van der Waals surface area contributed by atoms with Gasteiger partial charge < -0.3 is 5.73 Å². The number of rotatable bonds is 5. The van der Waals surface area contributed by atoms with Crippen molar-refractivity contribution in [1.29, 1.82) is 0 Å². The number of carbonyl (C=O) groups is 2. The number of urea groups is 1. The molecule has 1 aromatic carbocycles. The van der Waals surface area contributed by atoms with Crippen LogP contribution in [0.25, 0.3) is 20.7 Å². The van der Waals surface area contributed by atoms with Gasteiger partial charge in [-0.3, -0.25) is 10.1 Å². The van der Waals surface area contributed by atoms with E-state index in [4.69, 9.17) is 5.73 Å². The molecule has 6 nitrogen and oxygen atoms in total. The molecule has 0 fully saturated rings. The fourth-order valence-corrected chi connectivity index (χ4v) is 4.93. The predicted molar refractivity (Wildman–Crippen MR) is 110 cm³/mol. The number of nitrogens with zero attached hydrogens (tertiary/aromatic N) is 2. The fraction of sp³-hybridized carbons (Fsp3) is 0.263. The summed E-state index contributed by atoms with van der Waals surface area (Å²) >= 11 is 2.93. The maximum atomic E-state index is 12.4. The highest BCUT2D eigenvalue weighted by Gasteiger charge is 2.26. The molecule has 0 aliphatic carbocycles. The Kier molecular flexibility index (Phi) is 5.76. The number of nitrogens with two attached hydrogens (primary N) is 1. The van der Waals surface area contributed by atoms with Crippen molar-refractivity contribution >= 4 is 45.3 Å². The second kappa shape index (κ2) is 8.06. The summed E-state index contributed by atoms with van der Waals surface area (Å²) in [6.07, 6.45) is 0. The highest BCUT2D eigenvalue weighted by Crippen LogP contribution is 2.38. The molecule has 3 rings (SSSR count). The lowest BCUT2D eigenvalue weighted by molar-refractivity contribution is -0.120. The molecule has 140 valence electrons. The van der Waals surface area contributed by atoms with Gasteiger partial charge in [0.1, 0.15) is 15.7 Å². The van der Waals surface area contributed by atoms with E-state index < -0.39 is 17.2 Å². The molecule has 0 aliphatic heterocycles. The Labute approximate surface area is 165 Å². The second-order valence-corrected chi connectivity index (χ2v) is 8.57. The number of amides is 3. The first-order valence-electron chi connectivity index (χ1n) is 8.45. The minimum absolute atomic E-state index is 0.00750. The molecule has 3 N–H and O–H groups in total. The van der Waals surface area contributed by atoms with Crippen molar-refractivity contribution < 1.29 is 9.59 Å². The van der Waals surface area contributed by atoms with E-state index in [0.717, 1.165) is 25.7 Å². The lowest BCUT2D eigenvalue weighted by Gasteiger charge is -2.18. The third-order valence-corrected chi connectivity index (χ3v) is 6.50. The Balaban J connectivity index is 2.01. The van der Waals surface area contributed by atoms with Crippen molar-refractivity contribution in [2.75, 3.05) is 0 Å². The largest absolute Gasteiger partial charge is 0.351 e. The SMILES string of the molecule is Cc1nc(S[C@H](C(=O)NC(N)=O)C(C)C)c2cc(-c3ccccc3)sc2n1. The average molecular weight is 401 g/mol. The number of hydrogen-bond donors (Lipinski definition) is 2. The third-order valence-electron chi connectivity index (χ3n) is 3.88. The smallest absolute Gasteiger partial charge is 0.318 e. The van der Waals surface area contributed by atoms with Crippen molar-refractivity contribution in [1.82, 2.24) is 15.3 Å². The number of imide groups is 1. The molecule has 8 heteroatoms. The maximum absolute atomic E-state index is 12.4. The Hall–Kier alpha value is -2.45. The first-order valence-corrected chi connectivity index (χ1v) is 10.2. The van der Waals surface area contributed by atoms with Crippen molar-refractivity contribution in [3.63, 3.8) is 0 Å². The number of nitrogens with one attached hydrogen (secondary N) is 1. The number of thioether (sulfide) groups is 1. The minimum atomic E-state index is -0.850. The first-order chi connectivity index (χ1) is 12.8. The van der Waals surface area contributed by atoms with Crippen molar-refractivity contribution in [2.45, 2.75) is 31.0 Å². The van der Waals surface area contributed by atoms with Gasteiger partial charge in [0.25, 0.3) is 0 Å². The lowest BCUT2D eigenvalue weighted by Crippen LogP contribution is -2.42. The van der Waals surface area contributed by atoms with Gasteiger partial charge in [0, 0.05) is 10.3 Å². The summed E-state index contributed by atoms with van der Waals surface area (Å²) in [6.45, 7) is 5.68. The van der Waals surface area contributed by atoms with E-state index >= 15 is 0 Å². The van der Waals surface area contributed by atoms with Crippen LogP contribution in [0.15, 0.2) is 41.4 Å². The first kappa shape index (κ1) is 19.3. The second-order valence-electron chi connectivity index (χ2n) is 6.41. The monoisotopic (exact) mass is 400 g/mol. The Morgan fingerprint density at radius 1 is 1.19 bits per heavy atom. The maximum Gasteiger partial charge on any atom is 0.318 e. The van der Waals surface area contributed by atoms with E-state index in [9.17, 15) is 9.59 Å². The molecule has 2 aromatic heterocycles. The van der Waals surface area contributed by atoms with Gasteiger partial charge in [-0.25, -0.2) is 14.8 Å². The van der Waals surface area contributed by atoms with E-state index in [2.05, 4.69) is 33.5 Å². The summed E-state index contributed by atoms with van der Waals surface area (Å²) in [5.41, 5.74) is 6.22. The molecule has 0 bridgehead atoms. The number of hydrogen-bond acceptors (Lipinski definition) is 6. The zero-order valence-electron chi connectivity index (χ0n) is 15.2. The van der Waals surface area contributed by atoms with Crippen LogP contribution in [-0.4, -0.2) is 27.2 Å². The summed E-state index contributed by atoms with van der Waals surface area (Å²) in [7, 11) is 0. The standard InChI is InChI=1S/C19H20N4O2S2/c1-10(2)15(16(24)23-19(20)25)27-18-13-9-14(12-7-5-4-6-8-12)26-17(13)21-11(3)22-18/h4-10,15H,1-3H3,(H3,20,23,24,25)/t15-/m0/s1. The molecule has 0 radical (unpaired) electrons. The van der Waals surface area contributed by atoms with E-state index in [1.54, 1.807) is 11.3 Å². The molecule has 27 heavy (non-hydrogen) atoms. The molecule has 1 atom stereocenters. The van der Waals surface area contributed by atoms with Gasteiger partial charge in [-0.05, 0) is 24.5 Å². The van der Waals surface area contributed by atoms with Crippen LogP contribution in [0.1, 0.15) is 19.7 Å². The molecule has 3 aromatic rings. The predicted octanol–water partition coefficient (Wildman–Crippen LogP) is 3.98. The Morgan fingerprint density at radius 2 is 1.89 bits per heavy atom. The quantitative estimate of drug-likeness (QED) is 0.499. The zero-order chi connectivity index (χ0) is 19.6.